The number of nitrogen functional groups attached to an aromatic ring is 1. The normalized spacial score (nSPS) is 9.43. The number of anilines is 1. The van der Waals surface area contributed by atoms with Crippen molar-refractivity contribution in [1.82, 2.24) is 14.7 Å². The maximum atomic E-state index is 12.3. The first kappa shape index (κ1) is 19.3. The number of benzene rings is 1. The fraction of sp³-hybridized carbons (Fsp3) is 0.286. The maximum Gasteiger partial charge on any atom is 0.254 e. The van der Waals surface area contributed by atoms with Gasteiger partial charge in [0, 0.05) is 37.2 Å². The van der Waals surface area contributed by atoms with E-state index in [4.69, 9.17) is 5.73 Å². The van der Waals surface area contributed by atoms with Crippen molar-refractivity contribution >= 4 is 36.4 Å². The van der Waals surface area contributed by atoms with E-state index < -0.39 is 0 Å². The van der Waals surface area contributed by atoms with Crippen LogP contribution < -0.4 is 5.73 Å². The van der Waals surface area contributed by atoms with Crippen molar-refractivity contribution in [2.24, 2.45) is 0 Å². The molecule has 116 valence electrons. The number of aromatic nitrogens is 2. The highest BCUT2D eigenvalue weighted by Crippen LogP contribution is 2.14. The third-order valence-electron chi connectivity index (χ3n) is 3.06. The van der Waals surface area contributed by atoms with Gasteiger partial charge in [-0.15, -0.1) is 24.8 Å². The highest BCUT2D eigenvalue weighted by Gasteiger charge is 2.14. The number of carbonyl (C=O) groups excluding carboxylic acids is 1. The molecule has 1 amide bonds. The Morgan fingerprint density at radius 2 is 2.10 bits per heavy atom. The van der Waals surface area contributed by atoms with Crippen LogP contribution in [0.2, 0.25) is 0 Å². The first-order valence-electron chi connectivity index (χ1n) is 6.17. The molecule has 2 rings (SSSR count). The largest absolute Gasteiger partial charge is 0.399 e. The lowest BCUT2D eigenvalue weighted by atomic mass is 10.1. The Bertz CT molecular complexity index is 572. The minimum absolute atomic E-state index is 0. The summed E-state index contributed by atoms with van der Waals surface area (Å²) in [4.78, 5) is 14.0. The highest BCUT2D eigenvalue weighted by atomic mass is 35.5. The van der Waals surface area contributed by atoms with Crippen LogP contribution in [0.4, 0.5) is 5.69 Å². The molecule has 21 heavy (non-hydrogen) atoms. The van der Waals surface area contributed by atoms with Crippen LogP contribution in [0, 0.1) is 6.92 Å². The van der Waals surface area contributed by atoms with E-state index in [9.17, 15) is 4.79 Å². The van der Waals surface area contributed by atoms with Gasteiger partial charge in [0.25, 0.3) is 5.91 Å². The van der Waals surface area contributed by atoms with Crippen molar-refractivity contribution in [3.63, 3.8) is 0 Å². The van der Waals surface area contributed by atoms with Gasteiger partial charge in [0.05, 0.1) is 6.54 Å². The number of nitrogens with zero attached hydrogens (tertiary/aromatic N) is 3. The van der Waals surface area contributed by atoms with Gasteiger partial charge in [-0.25, -0.2) is 0 Å². The molecule has 1 aromatic carbocycles. The molecular formula is C14H20Cl2N4O. The number of carbonyl (C=O) groups is 1. The summed E-state index contributed by atoms with van der Waals surface area (Å²) < 4.78 is 1.80. The van der Waals surface area contributed by atoms with Crippen molar-refractivity contribution in [2.45, 2.75) is 13.5 Å². The average Bonchev–Trinajstić information content (AvgIpc) is 2.91. The summed E-state index contributed by atoms with van der Waals surface area (Å²) in [6.45, 7) is 3.19. The second-order valence-corrected chi connectivity index (χ2v) is 4.57. The van der Waals surface area contributed by atoms with Crippen molar-refractivity contribution in [3.8, 4) is 0 Å². The predicted octanol–water partition coefficient (Wildman–Crippen LogP) is 2.39. The lowest BCUT2D eigenvalue weighted by Gasteiger charge is -2.18. The minimum atomic E-state index is -0.0167. The van der Waals surface area contributed by atoms with Gasteiger partial charge >= 0.3 is 0 Å². The van der Waals surface area contributed by atoms with E-state index >= 15 is 0 Å². The van der Waals surface area contributed by atoms with E-state index in [1.165, 1.54) is 0 Å². The van der Waals surface area contributed by atoms with Crippen LogP contribution in [0.25, 0.3) is 0 Å². The van der Waals surface area contributed by atoms with Crippen molar-refractivity contribution in [2.75, 3.05) is 19.3 Å². The van der Waals surface area contributed by atoms with Gasteiger partial charge in [-0.3, -0.25) is 9.48 Å². The second-order valence-electron chi connectivity index (χ2n) is 4.57. The average molecular weight is 331 g/mol. The van der Waals surface area contributed by atoms with E-state index in [1.54, 1.807) is 35.0 Å². The molecule has 2 N–H and O–H groups in total. The van der Waals surface area contributed by atoms with Crippen LogP contribution >= 0.6 is 24.8 Å². The number of halogens is 2. The molecule has 1 aromatic heterocycles. The van der Waals surface area contributed by atoms with Gasteiger partial charge in [0.2, 0.25) is 0 Å². The fourth-order valence-corrected chi connectivity index (χ4v) is 1.86. The summed E-state index contributed by atoms with van der Waals surface area (Å²) in [5.41, 5.74) is 7.93. The molecule has 5 nitrogen and oxygen atoms in total. The van der Waals surface area contributed by atoms with Crippen LogP contribution in [0.15, 0.2) is 36.7 Å². The quantitative estimate of drug-likeness (QED) is 0.875. The molecule has 0 aliphatic carbocycles. The molecule has 0 aliphatic heterocycles. The first-order chi connectivity index (χ1) is 9.08. The molecule has 0 fully saturated rings. The van der Waals surface area contributed by atoms with Gasteiger partial charge < -0.3 is 10.6 Å². The number of aryl methyl sites for hydroxylation is 1. The molecule has 0 saturated carbocycles. The second kappa shape index (κ2) is 8.54. The third-order valence-corrected chi connectivity index (χ3v) is 3.06. The molecule has 0 saturated heterocycles. The first-order valence-corrected chi connectivity index (χ1v) is 6.17. The molecular weight excluding hydrogens is 311 g/mol. The number of hydrogen-bond acceptors (Lipinski definition) is 3. The predicted molar refractivity (Wildman–Crippen MR) is 89.3 cm³/mol. The summed E-state index contributed by atoms with van der Waals surface area (Å²) in [6.07, 6.45) is 3.61. The molecule has 0 bridgehead atoms. The Labute approximate surface area is 136 Å². The summed E-state index contributed by atoms with van der Waals surface area (Å²) in [5, 5.41) is 4.11. The van der Waals surface area contributed by atoms with Crippen LogP contribution in [-0.2, 0) is 6.54 Å². The van der Waals surface area contributed by atoms with E-state index in [2.05, 4.69) is 5.10 Å². The zero-order chi connectivity index (χ0) is 13.8. The monoisotopic (exact) mass is 330 g/mol. The van der Waals surface area contributed by atoms with Crippen LogP contribution in [0.1, 0.15) is 15.9 Å². The molecule has 2 aromatic rings. The van der Waals surface area contributed by atoms with Crippen LogP contribution in [-0.4, -0.2) is 34.2 Å². The summed E-state index contributed by atoms with van der Waals surface area (Å²) in [5.74, 6) is -0.0167. The van der Waals surface area contributed by atoms with Gasteiger partial charge in [-0.1, -0.05) is 6.07 Å². The molecule has 0 radical (unpaired) electrons. The molecule has 0 atom stereocenters. The fourth-order valence-electron chi connectivity index (χ4n) is 1.86. The Balaban J connectivity index is 0.00000200. The Morgan fingerprint density at radius 1 is 1.38 bits per heavy atom. The van der Waals surface area contributed by atoms with Gasteiger partial charge in [-0.05, 0) is 30.7 Å². The lowest BCUT2D eigenvalue weighted by Crippen LogP contribution is -2.30. The number of rotatable bonds is 4. The Hall–Kier alpha value is -1.72. The molecule has 7 heteroatoms. The van der Waals surface area contributed by atoms with E-state index in [0.29, 0.717) is 24.3 Å². The summed E-state index contributed by atoms with van der Waals surface area (Å²) in [7, 11) is 1.79. The summed E-state index contributed by atoms with van der Waals surface area (Å²) in [6, 6.07) is 7.26. The standard InChI is InChI=1S/C14H18N4O.2ClH/c1-11-4-5-12(15)10-13(11)14(19)17(2)8-9-18-7-3-6-16-18;;/h3-7,10H,8-9,15H2,1-2H3;2*1H. The van der Waals surface area contributed by atoms with Crippen molar-refractivity contribution in [3.05, 3.63) is 47.8 Å². The number of hydrogen-bond donors (Lipinski definition) is 1. The van der Waals surface area contributed by atoms with E-state index in [1.807, 2.05) is 25.3 Å². The minimum Gasteiger partial charge on any atom is -0.399 e. The maximum absolute atomic E-state index is 12.3. The molecule has 0 spiro atoms. The highest BCUT2D eigenvalue weighted by molar-refractivity contribution is 5.96. The van der Waals surface area contributed by atoms with Crippen LogP contribution in [0.5, 0.6) is 0 Å². The van der Waals surface area contributed by atoms with Gasteiger partial charge in [0.15, 0.2) is 0 Å². The Morgan fingerprint density at radius 3 is 2.71 bits per heavy atom. The molecule has 1 heterocycles. The molecule has 0 unspecified atom stereocenters. The number of amides is 1. The zero-order valence-corrected chi connectivity index (χ0v) is 13.7. The smallest absolute Gasteiger partial charge is 0.254 e. The van der Waals surface area contributed by atoms with Crippen molar-refractivity contribution in [1.29, 1.82) is 0 Å². The molecule has 0 aliphatic rings. The van der Waals surface area contributed by atoms with E-state index in [0.717, 1.165) is 5.56 Å². The Kier molecular flexibility index (Phi) is 7.84. The van der Waals surface area contributed by atoms with Crippen molar-refractivity contribution < 1.29 is 4.79 Å². The van der Waals surface area contributed by atoms with E-state index in [-0.39, 0.29) is 30.7 Å². The lowest BCUT2D eigenvalue weighted by molar-refractivity contribution is 0.0788. The van der Waals surface area contributed by atoms with Gasteiger partial charge in [-0.2, -0.15) is 5.10 Å². The topological polar surface area (TPSA) is 64.2 Å². The number of nitrogens with two attached hydrogens (primary N) is 1. The van der Waals surface area contributed by atoms with Gasteiger partial charge in [0.1, 0.15) is 0 Å². The summed E-state index contributed by atoms with van der Waals surface area (Å²) >= 11 is 0. The zero-order valence-electron chi connectivity index (χ0n) is 12.0. The SMILES string of the molecule is Cc1ccc(N)cc1C(=O)N(C)CCn1cccn1.Cl.Cl. The number of likely N-dealkylation sites (N-methyl/N-ethyl adjacent to an activating group) is 1. The third kappa shape index (κ3) is 4.95. The van der Waals surface area contributed by atoms with Crippen LogP contribution in [0.3, 0.4) is 0 Å².